The average Bonchev–Trinajstić information content (AvgIpc) is 3.05. The molecule has 0 spiro atoms. The van der Waals surface area contributed by atoms with E-state index in [9.17, 15) is 9.59 Å². The second-order valence-corrected chi connectivity index (χ2v) is 7.57. The van der Waals surface area contributed by atoms with E-state index in [-0.39, 0.29) is 18.0 Å². The van der Waals surface area contributed by atoms with Crippen LogP contribution >= 0.6 is 0 Å². The molecule has 1 atom stereocenters. The number of hydrogen-bond acceptors (Lipinski definition) is 3. The summed E-state index contributed by atoms with van der Waals surface area (Å²) < 4.78 is 5.27. The number of anilines is 1. The highest BCUT2D eigenvalue weighted by molar-refractivity contribution is 5.97. The number of nitrogens with one attached hydrogen (secondary N) is 1. The van der Waals surface area contributed by atoms with Gasteiger partial charge in [-0.25, -0.2) is 4.79 Å². The molecule has 6 nitrogen and oxygen atoms in total. The number of rotatable bonds is 4. The molecule has 2 fully saturated rings. The van der Waals surface area contributed by atoms with Gasteiger partial charge in [-0.1, -0.05) is 25.0 Å². The summed E-state index contributed by atoms with van der Waals surface area (Å²) in [5, 5.41) is 2.80. The molecule has 2 saturated heterocycles. The largest absolute Gasteiger partial charge is 0.497 e. The van der Waals surface area contributed by atoms with Crippen LogP contribution in [0.1, 0.15) is 47.6 Å². The lowest BCUT2D eigenvalue weighted by molar-refractivity contribution is 0.0681. The number of ether oxygens (including phenoxy) is 1. The predicted molar refractivity (Wildman–Crippen MR) is 112 cm³/mol. The number of carbonyl (C=O) groups excluding carboxylic acids is 2. The minimum absolute atomic E-state index is 0.0464. The summed E-state index contributed by atoms with van der Waals surface area (Å²) in [5.74, 6) is 0.868. The van der Waals surface area contributed by atoms with Crippen LogP contribution in [0.3, 0.4) is 0 Å². The lowest BCUT2D eigenvalue weighted by Gasteiger charge is -2.31. The highest BCUT2D eigenvalue weighted by Crippen LogP contribution is 2.32. The third-order valence-corrected chi connectivity index (χ3v) is 5.80. The van der Waals surface area contributed by atoms with Crippen LogP contribution in [0.25, 0.3) is 0 Å². The van der Waals surface area contributed by atoms with Crippen molar-refractivity contribution >= 4 is 17.6 Å². The van der Waals surface area contributed by atoms with Crippen molar-refractivity contribution in [1.82, 2.24) is 10.2 Å². The van der Waals surface area contributed by atoms with Crippen LogP contribution in [0.4, 0.5) is 10.5 Å². The molecular weight excluding hydrogens is 366 g/mol. The van der Waals surface area contributed by atoms with E-state index in [1.807, 2.05) is 41.3 Å². The van der Waals surface area contributed by atoms with E-state index in [2.05, 4.69) is 17.4 Å². The number of amides is 3. The Morgan fingerprint density at radius 1 is 1.00 bits per heavy atom. The van der Waals surface area contributed by atoms with Crippen LogP contribution < -0.4 is 15.0 Å². The number of carbonyl (C=O) groups is 2. The second-order valence-electron chi connectivity index (χ2n) is 7.57. The minimum atomic E-state index is -0.0869. The Morgan fingerprint density at radius 3 is 2.41 bits per heavy atom. The van der Waals surface area contributed by atoms with Crippen LogP contribution in [0.2, 0.25) is 0 Å². The van der Waals surface area contributed by atoms with E-state index in [1.165, 1.54) is 0 Å². The molecule has 0 radical (unpaired) electrons. The third kappa shape index (κ3) is 4.06. The molecule has 0 unspecified atom stereocenters. The molecule has 0 bridgehead atoms. The molecule has 2 aliphatic heterocycles. The zero-order valence-corrected chi connectivity index (χ0v) is 16.8. The molecule has 4 rings (SSSR count). The molecule has 2 heterocycles. The molecule has 1 N–H and O–H groups in total. The molecule has 2 aliphatic rings. The minimum Gasteiger partial charge on any atom is -0.497 e. The summed E-state index contributed by atoms with van der Waals surface area (Å²) in [6.45, 7) is 2.06. The Labute approximate surface area is 171 Å². The average molecular weight is 393 g/mol. The number of likely N-dealkylation sites (tertiary alicyclic amines) is 1. The van der Waals surface area contributed by atoms with Crippen LogP contribution in [0.15, 0.2) is 48.5 Å². The topological polar surface area (TPSA) is 61.9 Å². The van der Waals surface area contributed by atoms with Gasteiger partial charge in [0.15, 0.2) is 0 Å². The summed E-state index contributed by atoms with van der Waals surface area (Å²) >= 11 is 0. The summed E-state index contributed by atoms with van der Waals surface area (Å²) in [7, 11) is 1.66. The maximum atomic E-state index is 13.4. The maximum Gasteiger partial charge on any atom is 0.321 e. The van der Waals surface area contributed by atoms with E-state index in [0.717, 1.165) is 49.2 Å². The molecule has 0 aromatic heterocycles. The summed E-state index contributed by atoms with van der Waals surface area (Å²) in [4.78, 5) is 28.9. The van der Waals surface area contributed by atoms with Gasteiger partial charge in [-0.05, 0) is 54.8 Å². The Balaban J connectivity index is 1.56. The normalized spacial score (nSPS) is 19.6. The molecule has 3 amide bonds. The van der Waals surface area contributed by atoms with Gasteiger partial charge in [0.1, 0.15) is 5.75 Å². The number of methoxy groups -OCH3 is 1. The number of hydrogen-bond donors (Lipinski definition) is 1. The van der Waals surface area contributed by atoms with Crippen molar-refractivity contribution in [3.63, 3.8) is 0 Å². The van der Waals surface area contributed by atoms with Crippen LogP contribution in [0.5, 0.6) is 5.75 Å². The van der Waals surface area contributed by atoms with Crippen molar-refractivity contribution in [3.05, 3.63) is 59.7 Å². The van der Waals surface area contributed by atoms with E-state index in [1.54, 1.807) is 12.0 Å². The SMILES string of the molecule is COc1ccc([C@H]2CCCCCN2C(=O)c2ccc(N3CCNC3=O)cc2)cc1. The van der Waals surface area contributed by atoms with Gasteiger partial charge in [-0.15, -0.1) is 0 Å². The van der Waals surface area contributed by atoms with E-state index in [4.69, 9.17) is 4.74 Å². The lowest BCUT2D eigenvalue weighted by atomic mass is 10.00. The van der Waals surface area contributed by atoms with Crippen molar-refractivity contribution in [2.75, 3.05) is 31.6 Å². The van der Waals surface area contributed by atoms with Gasteiger partial charge in [-0.3, -0.25) is 9.69 Å². The summed E-state index contributed by atoms with van der Waals surface area (Å²) in [5.41, 5.74) is 2.62. The third-order valence-electron chi connectivity index (χ3n) is 5.80. The molecule has 6 heteroatoms. The summed E-state index contributed by atoms with van der Waals surface area (Å²) in [6.07, 6.45) is 4.23. The van der Waals surface area contributed by atoms with Gasteiger partial charge in [0.05, 0.1) is 13.2 Å². The van der Waals surface area contributed by atoms with Crippen LogP contribution in [-0.4, -0.2) is 43.6 Å². The highest BCUT2D eigenvalue weighted by atomic mass is 16.5. The van der Waals surface area contributed by atoms with Crippen molar-refractivity contribution in [1.29, 1.82) is 0 Å². The van der Waals surface area contributed by atoms with Crippen LogP contribution in [-0.2, 0) is 0 Å². The first-order chi connectivity index (χ1) is 14.2. The molecule has 0 aliphatic carbocycles. The Hall–Kier alpha value is -3.02. The predicted octanol–water partition coefficient (Wildman–Crippen LogP) is 3.98. The zero-order chi connectivity index (χ0) is 20.2. The van der Waals surface area contributed by atoms with Crippen molar-refractivity contribution in [2.24, 2.45) is 0 Å². The smallest absolute Gasteiger partial charge is 0.321 e. The zero-order valence-electron chi connectivity index (χ0n) is 16.8. The Morgan fingerprint density at radius 2 is 1.76 bits per heavy atom. The monoisotopic (exact) mass is 393 g/mol. The molecule has 152 valence electrons. The number of nitrogens with zero attached hydrogens (tertiary/aromatic N) is 2. The fourth-order valence-corrected chi connectivity index (χ4v) is 4.19. The first kappa shape index (κ1) is 19.3. The standard InChI is InChI=1S/C23H27N3O3/c1-29-20-12-8-17(9-13-20)21-5-3-2-4-15-26(21)22(27)18-6-10-19(11-7-18)25-16-14-24-23(25)28/h6-13,21H,2-5,14-16H2,1H3,(H,24,28)/t21-/m1/s1. The van der Waals surface area contributed by atoms with Gasteiger partial charge in [0, 0.05) is 30.9 Å². The fourth-order valence-electron chi connectivity index (χ4n) is 4.19. The van der Waals surface area contributed by atoms with E-state index >= 15 is 0 Å². The van der Waals surface area contributed by atoms with Gasteiger partial charge in [-0.2, -0.15) is 0 Å². The maximum absolute atomic E-state index is 13.4. The molecule has 2 aromatic rings. The second kappa shape index (κ2) is 8.55. The lowest BCUT2D eigenvalue weighted by Crippen LogP contribution is -2.35. The van der Waals surface area contributed by atoms with E-state index < -0.39 is 0 Å². The fraction of sp³-hybridized carbons (Fsp3) is 0.391. The highest BCUT2D eigenvalue weighted by Gasteiger charge is 2.28. The van der Waals surface area contributed by atoms with Gasteiger partial charge >= 0.3 is 6.03 Å². The number of urea groups is 1. The molecule has 0 saturated carbocycles. The van der Waals surface area contributed by atoms with Gasteiger partial charge in [0.2, 0.25) is 0 Å². The van der Waals surface area contributed by atoms with Crippen molar-refractivity contribution in [3.8, 4) is 5.75 Å². The molecular formula is C23H27N3O3. The van der Waals surface area contributed by atoms with Crippen LogP contribution in [0, 0.1) is 0 Å². The number of benzene rings is 2. The first-order valence-corrected chi connectivity index (χ1v) is 10.3. The summed E-state index contributed by atoms with van der Waals surface area (Å²) in [6, 6.07) is 15.4. The quantitative estimate of drug-likeness (QED) is 0.855. The van der Waals surface area contributed by atoms with Crippen molar-refractivity contribution in [2.45, 2.75) is 31.7 Å². The Kier molecular flexibility index (Phi) is 5.69. The van der Waals surface area contributed by atoms with E-state index in [0.29, 0.717) is 18.7 Å². The van der Waals surface area contributed by atoms with Gasteiger partial charge in [0.25, 0.3) is 5.91 Å². The first-order valence-electron chi connectivity index (χ1n) is 10.3. The Bertz CT molecular complexity index is 864. The van der Waals surface area contributed by atoms with Crippen molar-refractivity contribution < 1.29 is 14.3 Å². The molecule has 29 heavy (non-hydrogen) atoms. The molecule has 2 aromatic carbocycles. The van der Waals surface area contributed by atoms with Gasteiger partial charge < -0.3 is 15.0 Å².